The van der Waals surface area contributed by atoms with Gasteiger partial charge in [0, 0.05) is 8.95 Å². The first-order chi connectivity index (χ1) is 8.70. The molecule has 1 amide bonds. The minimum Gasteiger partial charge on any atom is -0.372 e. The van der Waals surface area contributed by atoms with Crippen LogP contribution in [0.4, 0.5) is 18.9 Å². The van der Waals surface area contributed by atoms with Crippen LogP contribution in [0, 0.1) is 0 Å². The molecule has 0 bridgehead atoms. The molecule has 0 heterocycles. The molecule has 19 heavy (non-hydrogen) atoms. The molecule has 1 aromatic carbocycles. The molecule has 2 N–H and O–H groups in total. The van der Waals surface area contributed by atoms with Gasteiger partial charge in [0.2, 0.25) is 5.91 Å². The van der Waals surface area contributed by atoms with Gasteiger partial charge in [-0.1, -0.05) is 6.07 Å². The van der Waals surface area contributed by atoms with E-state index in [0.717, 1.165) is 0 Å². The predicted octanol–water partition coefficient (Wildman–Crippen LogP) is 3.69. The third-order valence-electron chi connectivity index (χ3n) is 2.18. The van der Waals surface area contributed by atoms with Crippen molar-refractivity contribution in [3.63, 3.8) is 0 Å². The third-order valence-corrected chi connectivity index (χ3v) is 3.50. The molecule has 1 atom stereocenters. The molecule has 1 unspecified atom stereocenters. The zero-order valence-electron chi connectivity index (χ0n) is 9.81. The van der Waals surface area contributed by atoms with Crippen molar-refractivity contribution in [2.75, 3.05) is 11.9 Å². The van der Waals surface area contributed by atoms with Gasteiger partial charge in [0.25, 0.3) is 0 Å². The van der Waals surface area contributed by atoms with Crippen LogP contribution in [-0.4, -0.2) is 24.7 Å². The number of anilines is 1. The minimum atomic E-state index is -4.41. The molecule has 8 heteroatoms. The number of hydrogen-bond donors (Lipinski definition) is 2. The summed E-state index contributed by atoms with van der Waals surface area (Å²) in [7, 11) is 0. The highest BCUT2D eigenvalue weighted by atomic mass is 79.9. The summed E-state index contributed by atoms with van der Waals surface area (Å²) < 4.78 is 37.4. The molecule has 0 aromatic heterocycles. The number of benzene rings is 1. The Hall–Kier alpha value is -0.760. The van der Waals surface area contributed by atoms with E-state index in [2.05, 4.69) is 37.2 Å². The van der Waals surface area contributed by atoms with Crippen molar-refractivity contribution in [2.24, 2.45) is 0 Å². The Bertz CT molecular complexity index is 445. The summed E-state index contributed by atoms with van der Waals surface area (Å²) in [4.78, 5) is 11.5. The molecule has 1 rings (SSSR count). The average Bonchev–Trinajstić information content (AvgIpc) is 2.29. The van der Waals surface area contributed by atoms with E-state index in [0.29, 0.717) is 14.6 Å². The number of halogens is 5. The topological polar surface area (TPSA) is 41.1 Å². The number of nitrogens with one attached hydrogen (secondary N) is 2. The van der Waals surface area contributed by atoms with Crippen LogP contribution in [0.1, 0.15) is 6.92 Å². The van der Waals surface area contributed by atoms with Crippen molar-refractivity contribution in [3.8, 4) is 0 Å². The van der Waals surface area contributed by atoms with Gasteiger partial charge in [0.05, 0.1) is 5.69 Å². The fourth-order valence-corrected chi connectivity index (χ4v) is 2.49. The zero-order chi connectivity index (χ0) is 14.6. The molecule has 0 aliphatic carbocycles. The summed E-state index contributed by atoms with van der Waals surface area (Å²) in [6.07, 6.45) is -4.41. The summed E-state index contributed by atoms with van der Waals surface area (Å²) in [5, 5.41) is 4.67. The number of carbonyl (C=O) groups is 1. The Balaban J connectivity index is 2.64. The number of carbonyl (C=O) groups excluding carboxylic acids is 1. The molecule has 0 saturated heterocycles. The van der Waals surface area contributed by atoms with Crippen LogP contribution in [0.3, 0.4) is 0 Å². The standard InChI is InChI=1S/C11H11Br2F3N2O/c1-6(10(19)17-5-11(14,15)16)18-9-7(12)3-2-4-8(9)13/h2-4,6,18H,5H2,1H3,(H,17,19). The summed E-state index contributed by atoms with van der Waals surface area (Å²) in [6, 6.07) is 4.51. The maximum Gasteiger partial charge on any atom is 0.405 e. The lowest BCUT2D eigenvalue weighted by molar-refractivity contribution is -0.138. The lowest BCUT2D eigenvalue weighted by Crippen LogP contribution is -2.42. The highest BCUT2D eigenvalue weighted by Crippen LogP contribution is 2.31. The number of rotatable bonds is 4. The van der Waals surface area contributed by atoms with Gasteiger partial charge in [-0.2, -0.15) is 13.2 Å². The van der Waals surface area contributed by atoms with E-state index in [-0.39, 0.29) is 0 Å². The summed E-state index contributed by atoms with van der Waals surface area (Å²) in [6.45, 7) is 0.145. The molecule has 0 radical (unpaired) electrons. The lowest BCUT2D eigenvalue weighted by Gasteiger charge is -2.18. The molecule has 3 nitrogen and oxygen atoms in total. The van der Waals surface area contributed by atoms with Crippen LogP contribution in [0.5, 0.6) is 0 Å². The third kappa shape index (κ3) is 5.40. The maximum atomic E-state index is 12.0. The molecular formula is C11H11Br2F3N2O. The van der Waals surface area contributed by atoms with E-state index in [1.165, 1.54) is 6.92 Å². The van der Waals surface area contributed by atoms with Crippen molar-refractivity contribution < 1.29 is 18.0 Å². The molecule has 0 spiro atoms. The Morgan fingerprint density at radius 1 is 1.32 bits per heavy atom. The van der Waals surface area contributed by atoms with Gasteiger partial charge in [0.1, 0.15) is 12.6 Å². The van der Waals surface area contributed by atoms with E-state index >= 15 is 0 Å². The smallest absolute Gasteiger partial charge is 0.372 e. The van der Waals surface area contributed by atoms with Gasteiger partial charge in [-0.15, -0.1) is 0 Å². The fraction of sp³-hybridized carbons (Fsp3) is 0.364. The zero-order valence-corrected chi connectivity index (χ0v) is 13.0. The van der Waals surface area contributed by atoms with E-state index in [4.69, 9.17) is 0 Å². The molecular weight excluding hydrogens is 393 g/mol. The van der Waals surface area contributed by atoms with Crippen molar-refractivity contribution in [3.05, 3.63) is 27.1 Å². The molecule has 0 aliphatic rings. The van der Waals surface area contributed by atoms with Crippen molar-refractivity contribution in [2.45, 2.75) is 19.1 Å². The minimum absolute atomic E-state index is 0.608. The molecule has 0 fully saturated rings. The second kappa shape index (κ2) is 6.60. The normalized spacial score (nSPS) is 12.9. The lowest BCUT2D eigenvalue weighted by atomic mass is 10.2. The Morgan fingerprint density at radius 3 is 2.32 bits per heavy atom. The van der Waals surface area contributed by atoms with E-state index in [9.17, 15) is 18.0 Å². The van der Waals surface area contributed by atoms with Gasteiger partial charge in [-0.25, -0.2) is 0 Å². The number of amides is 1. The second-order valence-electron chi connectivity index (χ2n) is 3.80. The maximum absolute atomic E-state index is 12.0. The summed E-state index contributed by atoms with van der Waals surface area (Å²) in [5.74, 6) is -0.722. The molecule has 0 saturated carbocycles. The fourth-order valence-electron chi connectivity index (χ4n) is 1.26. The van der Waals surface area contributed by atoms with Crippen molar-refractivity contribution in [1.82, 2.24) is 5.32 Å². The largest absolute Gasteiger partial charge is 0.405 e. The van der Waals surface area contributed by atoms with Crippen LogP contribution in [-0.2, 0) is 4.79 Å². The molecule has 106 valence electrons. The predicted molar refractivity (Wildman–Crippen MR) is 74.0 cm³/mol. The second-order valence-corrected chi connectivity index (χ2v) is 5.50. The van der Waals surface area contributed by atoms with Crippen molar-refractivity contribution in [1.29, 1.82) is 0 Å². The van der Waals surface area contributed by atoms with Crippen LogP contribution in [0.15, 0.2) is 27.1 Å². The first kappa shape index (κ1) is 16.3. The summed E-state index contributed by atoms with van der Waals surface area (Å²) in [5.41, 5.74) is 0.608. The van der Waals surface area contributed by atoms with Gasteiger partial charge >= 0.3 is 6.18 Å². The first-order valence-electron chi connectivity index (χ1n) is 5.25. The number of hydrogen-bond acceptors (Lipinski definition) is 2. The molecule has 1 aromatic rings. The SMILES string of the molecule is CC(Nc1c(Br)cccc1Br)C(=O)NCC(F)(F)F. The van der Waals surface area contributed by atoms with Gasteiger partial charge in [-0.3, -0.25) is 4.79 Å². The highest BCUT2D eigenvalue weighted by molar-refractivity contribution is 9.11. The van der Waals surface area contributed by atoms with Gasteiger partial charge in [-0.05, 0) is 50.9 Å². The van der Waals surface area contributed by atoms with Crippen LogP contribution >= 0.6 is 31.9 Å². The Labute approximate surface area is 125 Å². The Morgan fingerprint density at radius 2 is 1.84 bits per heavy atom. The average molecular weight is 404 g/mol. The van der Waals surface area contributed by atoms with Crippen LogP contribution in [0.2, 0.25) is 0 Å². The van der Waals surface area contributed by atoms with Crippen molar-refractivity contribution >= 4 is 43.5 Å². The first-order valence-corrected chi connectivity index (χ1v) is 6.84. The van der Waals surface area contributed by atoms with E-state index in [1.54, 1.807) is 18.2 Å². The van der Waals surface area contributed by atoms with Crippen LogP contribution < -0.4 is 10.6 Å². The number of para-hydroxylation sites is 1. The van der Waals surface area contributed by atoms with E-state index < -0.39 is 24.7 Å². The van der Waals surface area contributed by atoms with Gasteiger partial charge < -0.3 is 10.6 Å². The van der Waals surface area contributed by atoms with E-state index in [1.807, 2.05) is 5.32 Å². The summed E-state index contributed by atoms with van der Waals surface area (Å²) >= 11 is 6.58. The monoisotopic (exact) mass is 402 g/mol. The van der Waals surface area contributed by atoms with Crippen LogP contribution in [0.25, 0.3) is 0 Å². The number of alkyl halides is 3. The molecule has 0 aliphatic heterocycles. The highest BCUT2D eigenvalue weighted by Gasteiger charge is 2.28. The quantitative estimate of drug-likeness (QED) is 0.804. The Kier molecular flexibility index (Phi) is 5.66. The van der Waals surface area contributed by atoms with Gasteiger partial charge in [0.15, 0.2) is 0 Å².